The average Bonchev–Trinajstić information content (AvgIpc) is 2.26. The highest BCUT2D eigenvalue weighted by Gasteiger charge is 2.40. The first kappa shape index (κ1) is 14.1. The number of rotatable bonds is 5. The number of hydrogen-bond acceptors (Lipinski definition) is 3. The number of hydrogen-bond donors (Lipinski definition) is 0. The minimum absolute atomic E-state index is 0.0213. The molecule has 1 aromatic carbocycles. The Morgan fingerprint density at radius 1 is 1.32 bits per heavy atom. The Kier molecular flexibility index (Phi) is 3.95. The molecular formula is C16H22O3. The normalized spacial score (nSPS) is 16.8. The maximum absolute atomic E-state index is 11.2. The fourth-order valence-electron chi connectivity index (χ4n) is 2.80. The fraction of sp³-hybridized carbons (Fsp3) is 0.562. The number of carbonyl (C=O) groups is 1. The smallest absolute Gasteiger partial charge is 0.129 e. The Balaban J connectivity index is 2.31. The average molecular weight is 262 g/mol. The van der Waals surface area contributed by atoms with Crippen LogP contribution < -0.4 is 4.74 Å². The van der Waals surface area contributed by atoms with Gasteiger partial charge < -0.3 is 14.3 Å². The molecule has 1 aliphatic rings. The summed E-state index contributed by atoms with van der Waals surface area (Å²) in [7, 11) is 1.70. The monoisotopic (exact) mass is 262 g/mol. The van der Waals surface area contributed by atoms with Gasteiger partial charge in [0.2, 0.25) is 0 Å². The standard InChI is InChI=1S/C16H22O3/c1-11-7-14(8-12(2)15(11)18-4)16(9-19-10-16)6-5-13(3)17/h7-8H,5-6,9-10H2,1-4H3. The molecule has 104 valence electrons. The van der Waals surface area contributed by atoms with Gasteiger partial charge in [-0.2, -0.15) is 0 Å². The van der Waals surface area contributed by atoms with E-state index >= 15 is 0 Å². The van der Waals surface area contributed by atoms with Gasteiger partial charge in [-0.1, -0.05) is 12.1 Å². The van der Waals surface area contributed by atoms with Crippen LogP contribution in [0.1, 0.15) is 36.5 Å². The van der Waals surface area contributed by atoms with Crippen molar-refractivity contribution < 1.29 is 14.3 Å². The van der Waals surface area contributed by atoms with Crippen molar-refractivity contribution in [1.82, 2.24) is 0 Å². The second kappa shape index (κ2) is 5.33. The van der Waals surface area contributed by atoms with Crippen molar-refractivity contribution in [1.29, 1.82) is 0 Å². The van der Waals surface area contributed by atoms with E-state index in [4.69, 9.17) is 9.47 Å². The fourth-order valence-corrected chi connectivity index (χ4v) is 2.80. The minimum atomic E-state index is 0.0213. The van der Waals surface area contributed by atoms with E-state index in [0.29, 0.717) is 19.6 Å². The molecular weight excluding hydrogens is 240 g/mol. The summed E-state index contributed by atoms with van der Waals surface area (Å²) in [4.78, 5) is 11.2. The molecule has 0 atom stereocenters. The zero-order valence-electron chi connectivity index (χ0n) is 12.2. The lowest BCUT2D eigenvalue weighted by Crippen LogP contribution is -2.47. The Hall–Kier alpha value is -1.35. The minimum Gasteiger partial charge on any atom is -0.496 e. The summed E-state index contributed by atoms with van der Waals surface area (Å²) in [5.41, 5.74) is 3.59. The van der Waals surface area contributed by atoms with E-state index in [9.17, 15) is 4.79 Å². The number of aryl methyl sites for hydroxylation is 2. The number of ether oxygens (including phenoxy) is 2. The van der Waals surface area contributed by atoms with Crippen molar-refractivity contribution in [2.45, 2.75) is 39.0 Å². The van der Waals surface area contributed by atoms with Gasteiger partial charge in [0.1, 0.15) is 11.5 Å². The third-order valence-electron chi connectivity index (χ3n) is 3.99. The molecule has 0 bridgehead atoms. The van der Waals surface area contributed by atoms with Crippen LogP contribution in [0.25, 0.3) is 0 Å². The first-order valence-electron chi connectivity index (χ1n) is 6.71. The lowest BCUT2D eigenvalue weighted by molar-refractivity contribution is -0.119. The quantitative estimate of drug-likeness (QED) is 0.818. The summed E-state index contributed by atoms with van der Waals surface area (Å²) in [6.07, 6.45) is 1.49. The van der Waals surface area contributed by atoms with Gasteiger partial charge in [0.25, 0.3) is 0 Å². The van der Waals surface area contributed by atoms with E-state index in [0.717, 1.165) is 23.3 Å². The molecule has 0 saturated carbocycles. The van der Waals surface area contributed by atoms with Gasteiger partial charge in [0, 0.05) is 11.8 Å². The van der Waals surface area contributed by atoms with Crippen LogP contribution in [-0.4, -0.2) is 26.1 Å². The molecule has 0 radical (unpaired) electrons. The predicted molar refractivity (Wildman–Crippen MR) is 74.9 cm³/mol. The highest BCUT2D eigenvalue weighted by molar-refractivity contribution is 5.75. The maximum atomic E-state index is 11.2. The van der Waals surface area contributed by atoms with Crippen LogP contribution >= 0.6 is 0 Å². The third-order valence-corrected chi connectivity index (χ3v) is 3.99. The molecule has 0 aromatic heterocycles. The molecule has 0 N–H and O–H groups in total. The molecule has 19 heavy (non-hydrogen) atoms. The molecule has 3 heteroatoms. The summed E-state index contributed by atoms with van der Waals surface area (Å²) < 4.78 is 10.8. The molecule has 1 saturated heterocycles. The molecule has 0 aliphatic carbocycles. The highest BCUT2D eigenvalue weighted by atomic mass is 16.5. The number of carbonyl (C=O) groups excluding carboxylic acids is 1. The Morgan fingerprint density at radius 2 is 1.89 bits per heavy atom. The zero-order chi connectivity index (χ0) is 14.0. The molecule has 3 nitrogen and oxygen atoms in total. The van der Waals surface area contributed by atoms with Gasteiger partial charge in [0.05, 0.1) is 20.3 Å². The highest BCUT2D eigenvalue weighted by Crippen LogP contribution is 2.39. The molecule has 0 unspecified atom stereocenters. The first-order valence-corrected chi connectivity index (χ1v) is 6.71. The molecule has 1 fully saturated rings. The Bertz CT molecular complexity index is 464. The summed E-state index contributed by atoms with van der Waals surface area (Å²) >= 11 is 0. The number of Topliss-reactive ketones (excluding diaryl/α,β-unsaturated/α-hetero) is 1. The summed E-state index contributed by atoms with van der Waals surface area (Å²) in [6.45, 7) is 7.20. The van der Waals surface area contributed by atoms with Gasteiger partial charge in [0.15, 0.2) is 0 Å². The van der Waals surface area contributed by atoms with Gasteiger partial charge in [-0.15, -0.1) is 0 Å². The van der Waals surface area contributed by atoms with Crippen molar-refractivity contribution >= 4 is 5.78 Å². The van der Waals surface area contributed by atoms with Gasteiger partial charge in [-0.05, 0) is 43.9 Å². The van der Waals surface area contributed by atoms with E-state index in [2.05, 4.69) is 26.0 Å². The Labute approximate surface area is 114 Å². The van der Waals surface area contributed by atoms with Crippen molar-refractivity contribution in [3.63, 3.8) is 0 Å². The van der Waals surface area contributed by atoms with E-state index in [1.54, 1.807) is 14.0 Å². The van der Waals surface area contributed by atoms with E-state index in [1.807, 2.05) is 0 Å². The second-order valence-corrected chi connectivity index (χ2v) is 5.62. The lowest BCUT2D eigenvalue weighted by atomic mass is 9.74. The summed E-state index contributed by atoms with van der Waals surface area (Å²) in [6, 6.07) is 4.35. The molecule has 0 amide bonds. The Morgan fingerprint density at radius 3 is 2.26 bits per heavy atom. The maximum Gasteiger partial charge on any atom is 0.129 e. The summed E-state index contributed by atoms with van der Waals surface area (Å²) in [5, 5.41) is 0. The van der Waals surface area contributed by atoms with Crippen LogP contribution in [0.4, 0.5) is 0 Å². The number of methoxy groups -OCH3 is 1. The van der Waals surface area contributed by atoms with E-state index in [-0.39, 0.29) is 11.2 Å². The van der Waals surface area contributed by atoms with Gasteiger partial charge in [-0.25, -0.2) is 0 Å². The molecule has 1 aliphatic heterocycles. The topological polar surface area (TPSA) is 35.5 Å². The molecule has 1 aromatic rings. The van der Waals surface area contributed by atoms with Crippen LogP contribution in [0.15, 0.2) is 12.1 Å². The third kappa shape index (κ3) is 2.66. The number of ketones is 1. The van der Waals surface area contributed by atoms with Crippen molar-refractivity contribution in [3.8, 4) is 5.75 Å². The van der Waals surface area contributed by atoms with Crippen LogP contribution in [-0.2, 0) is 14.9 Å². The number of benzene rings is 1. The van der Waals surface area contributed by atoms with Gasteiger partial charge >= 0.3 is 0 Å². The lowest BCUT2D eigenvalue weighted by Gasteiger charge is -2.42. The zero-order valence-corrected chi connectivity index (χ0v) is 12.2. The largest absolute Gasteiger partial charge is 0.496 e. The molecule has 1 heterocycles. The SMILES string of the molecule is COc1c(C)cc(C2(CCC(C)=O)COC2)cc1C. The van der Waals surface area contributed by atoms with Crippen LogP contribution in [0, 0.1) is 13.8 Å². The van der Waals surface area contributed by atoms with E-state index < -0.39 is 0 Å². The van der Waals surface area contributed by atoms with Gasteiger partial charge in [-0.3, -0.25) is 0 Å². The molecule has 2 rings (SSSR count). The van der Waals surface area contributed by atoms with Crippen molar-refractivity contribution in [3.05, 3.63) is 28.8 Å². The van der Waals surface area contributed by atoms with E-state index in [1.165, 1.54) is 5.56 Å². The first-order chi connectivity index (χ1) is 8.98. The van der Waals surface area contributed by atoms with Crippen LogP contribution in [0.5, 0.6) is 5.75 Å². The van der Waals surface area contributed by atoms with Crippen molar-refractivity contribution in [2.75, 3.05) is 20.3 Å². The second-order valence-electron chi connectivity index (χ2n) is 5.62. The predicted octanol–water partition coefficient (Wildman–Crippen LogP) is 2.95. The summed E-state index contributed by atoms with van der Waals surface area (Å²) in [5.74, 6) is 1.19. The molecule has 0 spiro atoms. The van der Waals surface area contributed by atoms with Crippen LogP contribution in [0.3, 0.4) is 0 Å². The van der Waals surface area contributed by atoms with Crippen LogP contribution in [0.2, 0.25) is 0 Å². The van der Waals surface area contributed by atoms with Crippen molar-refractivity contribution in [2.24, 2.45) is 0 Å².